The zero-order chi connectivity index (χ0) is 10.4. The largest absolute Gasteiger partial charge is 0.508 e. The SMILES string of the molecule is O=Cc1c(C2CC2)oc2ccc(O)cc12. The van der Waals surface area contributed by atoms with Crippen molar-refractivity contribution in [1.29, 1.82) is 0 Å². The molecule has 0 aliphatic heterocycles. The van der Waals surface area contributed by atoms with E-state index in [0.29, 0.717) is 22.5 Å². The van der Waals surface area contributed by atoms with Crippen molar-refractivity contribution in [3.8, 4) is 5.75 Å². The fourth-order valence-corrected chi connectivity index (χ4v) is 1.89. The molecule has 0 spiro atoms. The van der Waals surface area contributed by atoms with Crippen LogP contribution in [-0.4, -0.2) is 11.4 Å². The lowest BCUT2D eigenvalue weighted by Crippen LogP contribution is -1.83. The van der Waals surface area contributed by atoms with E-state index in [0.717, 1.165) is 24.9 Å². The van der Waals surface area contributed by atoms with Gasteiger partial charge in [0, 0.05) is 11.3 Å². The van der Waals surface area contributed by atoms with Crippen LogP contribution in [0.5, 0.6) is 5.75 Å². The van der Waals surface area contributed by atoms with Crippen molar-refractivity contribution in [2.45, 2.75) is 18.8 Å². The molecule has 3 heteroatoms. The minimum atomic E-state index is 0.161. The van der Waals surface area contributed by atoms with Gasteiger partial charge in [-0.3, -0.25) is 4.79 Å². The second-order valence-electron chi connectivity index (χ2n) is 3.95. The number of benzene rings is 1. The maximum atomic E-state index is 11.0. The van der Waals surface area contributed by atoms with Gasteiger partial charge in [0.2, 0.25) is 0 Å². The van der Waals surface area contributed by atoms with Gasteiger partial charge in [0.05, 0.1) is 5.56 Å². The Morgan fingerprint density at radius 1 is 1.40 bits per heavy atom. The molecule has 3 nitrogen and oxygen atoms in total. The summed E-state index contributed by atoms with van der Waals surface area (Å²) in [5.74, 6) is 1.35. The Hall–Kier alpha value is -1.77. The molecule has 0 radical (unpaired) electrons. The molecule has 3 rings (SSSR count). The van der Waals surface area contributed by atoms with Crippen LogP contribution in [0.3, 0.4) is 0 Å². The van der Waals surface area contributed by atoms with Crippen LogP contribution in [0.15, 0.2) is 22.6 Å². The quantitative estimate of drug-likeness (QED) is 0.762. The number of rotatable bonds is 2. The maximum absolute atomic E-state index is 11.0. The monoisotopic (exact) mass is 202 g/mol. The van der Waals surface area contributed by atoms with Crippen LogP contribution in [0, 0.1) is 0 Å². The average Bonchev–Trinajstić information content (AvgIpc) is 3.00. The highest BCUT2D eigenvalue weighted by atomic mass is 16.3. The topological polar surface area (TPSA) is 50.4 Å². The fourth-order valence-electron chi connectivity index (χ4n) is 1.89. The maximum Gasteiger partial charge on any atom is 0.154 e. The molecule has 1 N–H and O–H groups in total. The van der Waals surface area contributed by atoms with Gasteiger partial charge < -0.3 is 9.52 Å². The highest BCUT2D eigenvalue weighted by molar-refractivity contribution is 5.98. The lowest BCUT2D eigenvalue weighted by atomic mass is 10.1. The molecule has 1 aromatic carbocycles. The van der Waals surface area contributed by atoms with E-state index in [4.69, 9.17) is 4.42 Å². The molecule has 2 aromatic rings. The molecule has 0 atom stereocenters. The molecule has 76 valence electrons. The van der Waals surface area contributed by atoms with Crippen molar-refractivity contribution >= 4 is 17.3 Å². The molecule has 15 heavy (non-hydrogen) atoms. The van der Waals surface area contributed by atoms with Gasteiger partial charge in [-0.05, 0) is 31.0 Å². The zero-order valence-corrected chi connectivity index (χ0v) is 8.06. The Morgan fingerprint density at radius 3 is 2.87 bits per heavy atom. The number of hydrogen-bond acceptors (Lipinski definition) is 3. The summed E-state index contributed by atoms with van der Waals surface area (Å²) in [7, 11) is 0. The first kappa shape index (κ1) is 8.53. The summed E-state index contributed by atoms with van der Waals surface area (Å²) < 4.78 is 5.63. The number of furan rings is 1. The van der Waals surface area contributed by atoms with E-state index in [-0.39, 0.29) is 5.75 Å². The first-order valence-corrected chi connectivity index (χ1v) is 5.00. The van der Waals surface area contributed by atoms with Gasteiger partial charge in [0.25, 0.3) is 0 Å². The Morgan fingerprint density at radius 2 is 2.20 bits per heavy atom. The standard InChI is InChI=1S/C12H10O3/c13-6-10-9-5-8(14)3-4-11(9)15-12(10)7-1-2-7/h3-7,14H,1-2H2. The third-order valence-corrected chi connectivity index (χ3v) is 2.80. The Kier molecular flexibility index (Phi) is 1.63. The molecular weight excluding hydrogens is 192 g/mol. The predicted octanol–water partition coefficient (Wildman–Crippen LogP) is 2.83. The van der Waals surface area contributed by atoms with Crippen molar-refractivity contribution in [2.75, 3.05) is 0 Å². The third-order valence-electron chi connectivity index (χ3n) is 2.80. The smallest absolute Gasteiger partial charge is 0.154 e. The van der Waals surface area contributed by atoms with E-state index in [9.17, 15) is 9.90 Å². The molecule has 0 unspecified atom stereocenters. The molecule has 0 amide bonds. The number of hydrogen-bond donors (Lipinski definition) is 1. The van der Waals surface area contributed by atoms with Crippen LogP contribution in [0.25, 0.3) is 11.0 Å². The average molecular weight is 202 g/mol. The van der Waals surface area contributed by atoms with E-state index >= 15 is 0 Å². The van der Waals surface area contributed by atoms with Crippen molar-refractivity contribution < 1.29 is 14.3 Å². The molecule has 1 fully saturated rings. The highest BCUT2D eigenvalue weighted by Gasteiger charge is 2.31. The van der Waals surface area contributed by atoms with Gasteiger partial charge in [-0.25, -0.2) is 0 Å². The van der Waals surface area contributed by atoms with E-state index in [1.807, 2.05) is 0 Å². The van der Waals surface area contributed by atoms with Crippen molar-refractivity contribution in [3.05, 3.63) is 29.5 Å². The molecule has 1 saturated carbocycles. The summed E-state index contributed by atoms with van der Waals surface area (Å²) in [6.45, 7) is 0. The Labute approximate surface area is 86.3 Å². The number of phenolic OH excluding ortho intramolecular Hbond substituents is 1. The Bertz CT molecular complexity index is 535. The van der Waals surface area contributed by atoms with Crippen molar-refractivity contribution in [3.63, 3.8) is 0 Å². The lowest BCUT2D eigenvalue weighted by Gasteiger charge is -1.91. The molecule has 0 saturated heterocycles. The minimum Gasteiger partial charge on any atom is -0.508 e. The van der Waals surface area contributed by atoms with Crippen molar-refractivity contribution in [2.24, 2.45) is 0 Å². The number of aldehydes is 1. The van der Waals surface area contributed by atoms with Gasteiger partial charge in [-0.1, -0.05) is 0 Å². The van der Waals surface area contributed by atoms with Gasteiger partial charge in [0.1, 0.15) is 17.1 Å². The van der Waals surface area contributed by atoms with Crippen LogP contribution in [0.1, 0.15) is 34.9 Å². The minimum absolute atomic E-state index is 0.161. The van der Waals surface area contributed by atoms with E-state index in [1.165, 1.54) is 0 Å². The first-order chi connectivity index (χ1) is 7.29. The summed E-state index contributed by atoms with van der Waals surface area (Å²) in [6, 6.07) is 4.84. The zero-order valence-electron chi connectivity index (χ0n) is 8.06. The third kappa shape index (κ3) is 1.23. The second kappa shape index (κ2) is 2.86. The molecule has 1 aliphatic rings. The molecule has 1 aliphatic carbocycles. The van der Waals surface area contributed by atoms with Crippen LogP contribution >= 0.6 is 0 Å². The first-order valence-electron chi connectivity index (χ1n) is 5.00. The van der Waals surface area contributed by atoms with Gasteiger partial charge >= 0.3 is 0 Å². The van der Waals surface area contributed by atoms with Crippen LogP contribution in [0.4, 0.5) is 0 Å². The fraction of sp³-hybridized carbons (Fsp3) is 0.250. The second-order valence-corrected chi connectivity index (χ2v) is 3.95. The van der Waals surface area contributed by atoms with Gasteiger partial charge in [0.15, 0.2) is 6.29 Å². The van der Waals surface area contributed by atoms with Gasteiger partial charge in [-0.2, -0.15) is 0 Å². The van der Waals surface area contributed by atoms with Crippen LogP contribution in [0.2, 0.25) is 0 Å². The molecule has 1 aromatic heterocycles. The number of phenols is 1. The number of aromatic hydroxyl groups is 1. The normalized spacial score (nSPS) is 15.7. The summed E-state index contributed by atoms with van der Waals surface area (Å²) in [6.07, 6.45) is 3.00. The predicted molar refractivity (Wildman–Crippen MR) is 55.2 cm³/mol. The number of carbonyl (C=O) groups excluding carboxylic acids is 1. The van der Waals surface area contributed by atoms with Crippen LogP contribution < -0.4 is 0 Å². The van der Waals surface area contributed by atoms with Crippen molar-refractivity contribution in [1.82, 2.24) is 0 Å². The molecular formula is C12H10O3. The van der Waals surface area contributed by atoms with E-state index < -0.39 is 0 Å². The number of carbonyl (C=O) groups is 1. The lowest BCUT2D eigenvalue weighted by molar-refractivity contribution is 0.112. The summed E-state index contributed by atoms with van der Waals surface area (Å²) >= 11 is 0. The Balaban J connectivity index is 2.32. The molecule has 0 bridgehead atoms. The highest BCUT2D eigenvalue weighted by Crippen LogP contribution is 2.44. The van der Waals surface area contributed by atoms with E-state index in [1.54, 1.807) is 18.2 Å². The number of fused-ring (bicyclic) bond motifs is 1. The van der Waals surface area contributed by atoms with Gasteiger partial charge in [-0.15, -0.1) is 0 Å². The van der Waals surface area contributed by atoms with Crippen LogP contribution in [-0.2, 0) is 0 Å². The summed E-state index contributed by atoms with van der Waals surface area (Å²) in [4.78, 5) is 11.0. The molecule has 1 heterocycles. The summed E-state index contributed by atoms with van der Waals surface area (Å²) in [5.41, 5.74) is 1.28. The van der Waals surface area contributed by atoms with E-state index in [2.05, 4.69) is 0 Å². The summed E-state index contributed by atoms with van der Waals surface area (Å²) in [5, 5.41) is 10.1.